The van der Waals surface area contributed by atoms with Crippen molar-refractivity contribution >= 4 is 34.4 Å². The summed E-state index contributed by atoms with van der Waals surface area (Å²) < 4.78 is 13.8. The van der Waals surface area contributed by atoms with Gasteiger partial charge in [0.25, 0.3) is 0 Å². The maximum absolute atomic E-state index is 13.8. The zero-order chi connectivity index (χ0) is 14.9. The van der Waals surface area contributed by atoms with Crippen LogP contribution in [0.25, 0.3) is 0 Å². The average molecular weight is 297 g/mol. The van der Waals surface area contributed by atoms with Crippen LogP contribution in [0.5, 0.6) is 0 Å². The molecule has 0 aliphatic carbocycles. The smallest absolute Gasteiger partial charge is 0.335 e. The molecule has 1 N–H and O–H groups in total. The summed E-state index contributed by atoms with van der Waals surface area (Å²) >= 11 is 1.04. The Labute approximate surface area is 118 Å². The molecular weight excluding hydrogens is 285 g/mol. The van der Waals surface area contributed by atoms with Gasteiger partial charge in [0.1, 0.15) is 5.82 Å². The fourth-order valence-corrected chi connectivity index (χ4v) is 2.99. The summed E-state index contributed by atoms with van der Waals surface area (Å²) in [6.07, 6.45) is 0.140. The van der Waals surface area contributed by atoms with Gasteiger partial charge in [0, 0.05) is 25.1 Å². The Hall–Kier alpha value is -1.89. The minimum Gasteiger partial charge on any atom is -0.478 e. The second-order valence-corrected chi connectivity index (χ2v) is 5.89. The van der Waals surface area contributed by atoms with Crippen LogP contribution in [0.2, 0.25) is 0 Å². The molecule has 0 spiro atoms. The first-order valence-electron chi connectivity index (χ1n) is 5.89. The first-order chi connectivity index (χ1) is 9.38. The van der Waals surface area contributed by atoms with Gasteiger partial charge in [-0.1, -0.05) is 11.8 Å². The molecule has 2 rings (SSSR count). The summed E-state index contributed by atoms with van der Waals surface area (Å²) in [6.45, 7) is 1.60. The quantitative estimate of drug-likeness (QED) is 0.922. The number of carboxylic acids is 1. The molecule has 106 valence electrons. The lowest BCUT2D eigenvalue weighted by Gasteiger charge is -2.17. The number of anilines is 1. The number of thioether (sulfide) groups is 1. The van der Waals surface area contributed by atoms with Crippen LogP contribution in [0.1, 0.15) is 23.7 Å². The third-order valence-electron chi connectivity index (χ3n) is 2.91. The van der Waals surface area contributed by atoms with E-state index in [1.54, 1.807) is 0 Å². The van der Waals surface area contributed by atoms with E-state index in [1.807, 2.05) is 0 Å². The number of aromatic carboxylic acids is 1. The summed E-state index contributed by atoms with van der Waals surface area (Å²) in [5.41, 5.74) is -0.140. The van der Waals surface area contributed by atoms with Crippen LogP contribution in [0.3, 0.4) is 0 Å². The Morgan fingerprint density at radius 1 is 1.45 bits per heavy atom. The predicted octanol–water partition coefficient (Wildman–Crippen LogP) is 1.91. The average Bonchev–Trinajstić information content (AvgIpc) is 2.69. The van der Waals surface area contributed by atoms with E-state index in [4.69, 9.17) is 5.11 Å². The first-order valence-corrected chi connectivity index (χ1v) is 6.77. The van der Waals surface area contributed by atoms with Crippen molar-refractivity contribution in [3.05, 3.63) is 29.6 Å². The number of hydrogen-bond acceptors (Lipinski definition) is 4. The highest BCUT2D eigenvalue weighted by Crippen LogP contribution is 2.30. The Balaban J connectivity index is 2.27. The van der Waals surface area contributed by atoms with Gasteiger partial charge < -0.3 is 10.0 Å². The number of halogens is 1. The minimum atomic E-state index is -1.19. The van der Waals surface area contributed by atoms with Gasteiger partial charge in [0.2, 0.25) is 5.91 Å². The van der Waals surface area contributed by atoms with Gasteiger partial charge in [-0.15, -0.1) is 0 Å². The van der Waals surface area contributed by atoms with E-state index < -0.39 is 11.8 Å². The van der Waals surface area contributed by atoms with Gasteiger partial charge in [-0.2, -0.15) is 0 Å². The van der Waals surface area contributed by atoms with Crippen molar-refractivity contribution in [2.24, 2.45) is 0 Å². The molecule has 1 unspecified atom stereocenters. The van der Waals surface area contributed by atoms with Crippen LogP contribution < -0.4 is 4.90 Å². The predicted molar refractivity (Wildman–Crippen MR) is 72.4 cm³/mol. The van der Waals surface area contributed by atoms with Gasteiger partial charge in [0.15, 0.2) is 5.12 Å². The molecule has 0 radical (unpaired) electrons. The second-order valence-electron chi connectivity index (χ2n) is 4.41. The molecule has 1 atom stereocenters. The van der Waals surface area contributed by atoms with E-state index in [2.05, 4.69) is 0 Å². The number of carboxylic acid groups (broad SMARTS) is 1. The number of rotatable bonds is 3. The highest BCUT2D eigenvalue weighted by molar-refractivity contribution is 8.14. The molecule has 0 bridgehead atoms. The molecule has 1 aliphatic rings. The van der Waals surface area contributed by atoms with Gasteiger partial charge in [0.05, 0.1) is 11.3 Å². The molecule has 7 heteroatoms. The van der Waals surface area contributed by atoms with Crippen molar-refractivity contribution in [2.45, 2.75) is 18.6 Å². The lowest BCUT2D eigenvalue weighted by molar-refractivity contribution is -0.117. The maximum Gasteiger partial charge on any atom is 0.335 e. The number of nitrogens with zero attached hydrogens (tertiary/aromatic N) is 1. The molecule has 1 aromatic rings. The summed E-state index contributed by atoms with van der Waals surface area (Å²) in [5.74, 6) is -2.16. The van der Waals surface area contributed by atoms with Crippen molar-refractivity contribution in [2.75, 3.05) is 11.4 Å². The summed E-state index contributed by atoms with van der Waals surface area (Å²) in [6, 6.07) is 3.30. The van der Waals surface area contributed by atoms with E-state index >= 15 is 0 Å². The first kappa shape index (κ1) is 14.5. The van der Waals surface area contributed by atoms with E-state index in [0.29, 0.717) is 0 Å². The lowest BCUT2D eigenvalue weighted by atomic mass is 10.2. The Kier molecular flexibility index (Phi) is 4.08. The Morgan fingerprint density at radius 3 is 2.75 bits per heavy atom. The molecule has 20 heavy (non-hydrogen) atoms. The van der Waals surface area contributed by atoms with Crippen LogP contribution >= 0.6 is 11.8 Å². The third kappa shape index (κ3) is 2.98. The minimum absolute atomic E-state index is 0.0541. The van der Waals surface area contributed by atoms with Gasteiger partial charge >= 0.3 is 5.97 Å². The fraction of sp³-hybridized carbons (Fsp3) is 0.308. The third-order valence-corrected chi connectivity index (χ3v) is 3.89. The van der Waals surface area contributed by atoms with Crippen molar-refractivity contribution in [1.82, 2.24) is 0 Å². The summed E-state index contributed by atoms with van der Waals surface area (Å²) in [7, 11) is 0. The van der Waals surface area contributed by atoms with Crippen LogP contribution in [-0.4, -0.2) is 33.9 Å². The fourth-order valence-electron chi connectivity index (χ4n) is 2.07. The van der Waals surface area contributed by atoms with Crippen molar-refractivity contribution in [1.29, 1.82) is 0 Å². The molecule has 1 aliphatic heterocycles. The second kappa shape index (κ2) is 5.62. The zero-order valence-corrected chi connectivity index (χ0v) is 11.4. The van der Waals surface area contributed by atoms with E-state index in [1.165, 1.54) is 11.8 Å². The molecular formula is C13H12FNO4S. The number of carbonyl (C=O) groups is 3. The molecule has 0 aromatic heterocycles. The zero-order valence-electron chi connectivity index (χ0n) is 10.6. The summed E-state index contributed by atoms with van der Waals surface area (Å²) in [4.78, 5) is 35.0. The topological polar surface area (TPSA) is 74.7 Å². The Bertz CT molecular complexity index is 590. The van der Waals surface area contributed by atoms with Crippen LogP contribution in [0.4, 0.5) is 10.1 Å². The van der Waals surface area contributed by atoms with Crippen molar-refractivity contribution in [3.8, 4) is 0 Å². The van der Waals surface area contributed by atoms with Crippen LogP contribution in [-0.2, 0) is 9.59 Å². The molecule has 1 aromatic carbocycles. The molecule has 5 nitrogen and oxygen atoms in total. The van der Waals surface area contributed by atoms with Crippen LogP contribution in [0, 0.1) is 5.82 Å². The highest BCUT2D eigenvalue weighted by atomic mass is 32.2. The van der Waals surface area contributed by atoms with Gasteiger partial charge in [-0.25, -0.2) is 9.18 Å². The summed E-state index contributed by atoms with van der Waals surface area (Å²) in [5, 5.41) is 8.57. The van der Waals surface area contributed by atoms with Crippen molar-refractivity contribution in [3.63, 3.8) is 0 Å². The van der Waals surface area contributed by atoms with E-state index in [9.17, 15) is 18.8 Å². The normalized spacial score (nSPS) is 18.4. The molecule has 1 saturated heterocycles. The van der Waals surface area contributed by atoms with Crippen molar-refractivity contribution < 1.29 is 23.9 Å². The maximum atomic E-state index is 13.8. The number of amides is 1. The van der Waals surface area contributed by atoms with E-state index in [0.717, 1.165) is 30.0 Å². The molecule has 0 saturated carbocycles. The highest BCUT2D eigenvalue weighted by Gasteiger charge is 2.33. The monoisotopic (exact) mass is 297 g/mol. The van der Waals surface area contributed by atoms with E-state index in [-0.39, 0.29) is 40.5 Å². The Morgan fingerprint density at radius 2 is 2.15 bits per heavy atom. The van der Waals surface area contributed by atoms with Gasteiger partial charge in [-0.3, -0.25) is 9.59 Å². The molecule has 1 fully saturated rings. The lowest BCUT2D eigenvalue weighted by Crippen LogP contribution is -2.26. The van der Waals surface area contributed by atoms with Crippen LogP contribution in [0.15, 0.2) is 18.2 Å². The number of carbonyl (C=O) groups excluding carboxylic acids is 2. The molecule has 1 heterocycles. The SMILES string of the molecule is CC(=O)SC1CC(=O)N(c2cc(C(=O)O)ccc2F)C1. The van der Waals surface area contributed by atoms with Gasteiger partial charge in [-0.05, 0) is 18.2 Å². The largest absolute Gasteiger partial charge is 0.478 e. The standard InChI is InChI=1S/C13H12FNO4S/c1-7(16)20-9-5-12(17)15(6-9)11-4-8(13(18)19)2-3-10(11)14/h2-4,9H,5-6H2,1H3,(H,18,19). The number of benzene rings is 1. The number of hydrogen-bond donors (Lipinski definition) is 1. The molecule has 1 amide bonds.